The van der Waals surface area contributed by atoms with E-state index in [-0.39, 0.29) is 19.1 Å². The van der Waals surface area contributed by atoms with Crippen LogP contribution in [0.15, 0.2) is 11.6 Å². The lowest BCUT2D eigenvalue weighted by Crippen LogP contribution is -2.20. The number of aliphatic hydroxyl groups excluding tert-OH is 2. The summed E-state index contributed by atoms with van der Waals surface area (Å²) in [6.45, 7) is 5.12. The van der Waals surface area contributed by atoms with Crippen LogP contribution in [-0.2, 0) is 19.0 Å². The van der Waals surface area contributed by atoms with Crippen molar-refractivity contribution in [3.63, 3.8) is 0 Å². The maximum atomic E-state index is 14.0. The summed E-state index contributed by atoms with van der Waals surface area (Å²) in [5.41, 5.74) is 0.425. The molecule has 0 aromatic heterocycles. The minimum absolute atomic E-state index is 0.0992. The van der Waals surface area contributed by atoms with E-state index in [2.05, 4.69) is 6.92 Å². The Kier molecular flexibility index (Phi) is 13.3. The fraction of sp³-hybridized carbons (Fsp3) is 0.857. The Morgan fingerprint density at radius 1 is 1.07 bits per heavy atom. The van der Waals surface area contributed by atoms with Crippen LogP contribution >= 0.6 is 0 Å². The van der Waals surface area contributed by atoms with Gasteiger partial charge in [-0.15, -0.1) is 0 Å². The number of carbonyl (C=O) groups is 1. The summed E-state index contributed by atoms with van der Waals surface area (Å²) in [5.74, 6) is -0.415. The Hall–Kier alpha value is -1.02. The summed E-state index contributed by atoms with van der Waals surface area (Å²) < 4.78 is 29.6. The van der Waals surface area contributed by atoms with Gasteiger partial charge in [-0.2, -0.15) is 0 Å². The molecule has 1 heterocycles. The number of cyclic esters (lactones) is 1. The molecule has 0 radical (unpaired) electrons. The lowest BCUT2D eigenvalue weighted by Gasteiger charge is -2.13. The van der Waals surface area contributed by atoms with Crippen molar-refractivity contribution < 1.29 is 33.6 Å². The largest absolute Gasteiger partial charge is 0.455 e. The molecule has 164 valence electrons. The van der Waals surface area contributed by atoms with Crippen LogP contribution in [0.3, 0.4) is 0 Å². The van der Waals surface area contributed by atoms with Gasteiger partial charge in [-0.05, 0) is 32.3 Å². The highest BCUT2D eigenvalue weighted by Crippen LogP contribution is 2.22. The molecule has 7 heteroatoms. The van der Waals surface area contributed by atoms with E-state index in [0.717, 1.165) is 19.3 Å². The Balaban J connectivity index is 1.94. The SMILES string of the molecule is CCCCC(O)COCCOCC(O)CCCCC([18F])CC1=C[C@H](C)OC1=O. The van der Waals surface area contributed by atoms with Gasteiger partial charge in [-0.25, -0.2) is 9.18 Å². The van der Waals surface area contributed by atoms with Crippen LogP contribution in [0.5, 0.6) is 0 Å². The zero-order valence-electron chi connectivity index (χ0n) is 17.3. The van der Waals surface area contributed by atoms with Crippen molar-refractivity contribution in [3.8, 4) is 0 Å². The third-order valence-electron chi connectivity index (χ3n) is 4.62. The summed E-state index contributed by atoms with van der Waals surface area (Å²) in [6, 6.07) is 0. The second kappa shape index (κ2) is 14.9. The lowest BCUT2D eigenvalue weighted by molar-refractivity contribution is -0.139. The normalized spacial score (nSPS) is 20.0. The zero-order valence-corrected chi connectivity index (χ0v) is 17.3. The molecule has 0 bridgehead atoms. The molecule has 0 aromatic carbocycles. The number of hydrogen-bond donors (Lipinski definition) is 2. The summed E-state index contributed by atoms with van der Waals surface area (Å²) >= 11 is 0. The van der Waals surface area contributed by atoms with Crippen molar-refractivity contribution in [3.05, 3.63) is 11.6 Å². The molecular weight excluding hydrogens is 366 g/mol. The Labute approximate surface area is 168 Å². The summed E-state index contributed by atoms with van der Waals surface area (Å²) in [7, 11) is 0. The van der Waals surface area contributed by atoms with Crippen molar-refractivity contribution in [1.82, 2.24) is 0 Å². The molecule has 3 unspecified atom stereocenters. The number of ether oxygens (including phenoxy) is 3. The first-order chi connectivity index (χ1) is 13.4. The van der Waals surface area contributed by atoms with Crippen molar-refractivity contribution in [2.45, 2.75) is 89.7 Å². The van der Waals surface area contributed by atoms with Gasteiger partial charge in [0.25, 0.3) is 0 Å². The van der Waals surface area contributed by atoms with Crippen molar-refractivity contribution >= 4 is 5.97 Å². The molecular formula is C21H37FO6. The van der Waals surface area contributed by atoms with Crippen LogP contribution in [-0.4, -0.2) is 67.1 Å². The average molecular weight is 404 g/mol. The van der Waals surface area contributed by atoms with Gasteiger partial charge in [0.1, 0.15) is 12.3 Å². The molecule has 6 nitrogen and oxygen atoms in total. The van der Waals surface area contributed by atoms with Gasteiger partial charge in [0, 0.05) is 12.0 Å². The number of hydrogen-bond acceptors (Lipinski definition) is 6. The molecule has 0 aliphatic carbocycles. The molecule has 0 amide bonds. The van der Waals surface area contributed by atoms with E-state index in [9.17, 15) is 19.4 Å². The number of rotatable bonds is 17. The van der Waals surface area contributed by atoms with Gasteiger partial charge in [0.05, 0.1) is 38.6 Å². The summed E-state index contributed by atoms with van der Waals surface area (Å²) in [6.07, 6.45) is 4.47. The highest BCUT2D eigenvalue weighted by molar-refractivity contribution is 5.90. The molecule has 1 aliphatic rings. The van der Waals surface area contributed by atoms with Crippen LogP contribution in [0, 0.1) is 0 Å². The number of unbranched alkanes of at least 4 members (excludes halogenated alkanes) is 2. The van der Waals surface area contributed by atoms with Crippen LogP contribution in [0.25, 0.3) is 0 Å². The highest BCUT2D eigenvalue weighted by Gasteiger charge is 2.24. The van der Waals surface area contributed by atoms with E-state index >= 15 is 0 Å². The first kappa shape index (κ1) is 25.0. The minimum Gasteiger partial charge on any atom is -0.455 e. The predicted octanol–water partition coefficient (Wildman–Crippen LogP) is 3.09. The van der Waals surface area contributed by atoms with Gasteiger partial charge in [0.2, 0.25) is 0 Å². The van der Waals surface area contributed by atoms with E-state index < -0.39 is 24.3 Å². The van der Waals surface area contributed by atoms with Crippen LogP contribution in [0.1, 0.15) is 65.2 Å². The number of aliphatic hydroxyl groups is 2. The van der Waals surface area contributed by atoms with Crippen LogP contribution < -0.4 is 0 Å². The first-order valence-corrected chi connectivity index (χ1v) is 10.5. The summed E-state index contributed by atoms with van der Waals surface area (Å²) in [5, 5.41) is 19.5. The molecule has 28 heavy (non-hydrogen) atoms. The van der Waals surface area contributed by atoms with Gasteiger partial charge < -0.3 is 24.4 Å². The molecule has 0 saturated heterocycles. The number of halogens is 1. The van der Waals surface area contributed by atoms with Gasteiger partial charge in [-0.1, -0.05) is 32.6 Å². The molecule has 1 aliphatic heterocycles. The zero-order chi connectivity index (χ0) is 20.8. The van der Waals surface area contributed by atoms with E-state index in [1.807, 2.05) is 0 Å². The second-order valence-corrected chi connectivity index (χ2v) is 7.49. The van der Waals surface area contributed by atoms with Gasteiger partial charge in [-0.3, -0.25) is 0 Å². The quantitative estimate of drug-likeness (QED) is 0.287. The second-order valence-electron chi connectivity index (χ2n) is 7.49. The van der Waals surface area contributed by atoms with Gasteiger partial charge >= 0.3 is 5.97 Å². The van der Waals surface area contributed by atoms with Crippen molar-refractivity contribution in [1.29, 1.82) is 0 Å². The lowest BCUT2D eigenvalue weighted by atomic mass is 10.0. The van der Waals surface area contributed by atoms with E-state index in [1.54, 1.807) is 13.0 Å². The molecule has 0 fully saturated rings. The van der Waals surface area contributed by atoms with E-state index in [1.165, 1.54) is 0 Å². The number of carbonyl (C=O) groups excluding carboxylic acids is 1. The molecule has 0 spiro atoms. The average Bonchev–Trinajstić information content (AvgIpc) is 2.96. The fourth-order valence-corrected chi connectivity index (χ4v) is 3.03. The number of alkyl halides is 1. The number of esters is 1. The highest BCUT2D eigenvalue weighted by atomic mass is 18.2. The maximum absolute atomic E-state index is 14.0. The molecule has 1 rings (SSSR count). The summed E-state index contributed by atoms with van der Waals surface area (Å²) in [4.78, 5) is 11.5. The fourth-order valence-electron chi connectivity index (χ4n) is 3.03. The molecule has 0 aromatic rings. The third kappa shape index (κ3) is 11.7. The Morgan fingerprint density at radius 2 is 1.64 bits per heavy atom. The predicted molar refractivity (Wildman–Crippen MR) is 105 cm³/mol. The molecule has 4 atom stereocenters. The Morgan fingerprint density at radius 3 is 2.18 bits per heavy atom. The maximum Gasteiger partial charge on any atom is 0.334 e. The monoisotopic (exact) mass is 403 g/mol. The van der Waals surface area contributed by atoms with E-state index in [4.69, 9.17) is 14.2 Å². The van der Waals surface area contributed by atoms with Crippen LogP contribution in [0.4, 0.5) is 4.39 Å². The topological polar surface area (TPSA) is 85.2 Å². The smallest absolute Gasteiger partial charge is 0.334 e. The molecule has 2 N–H and O–H groups in total. The van der Waals surface area contributed by atoms with Crippen molar-refractivity contribution in [2.75, 3.05) is 26.4 Å². The Bertz CT molecular complexity index is 456. The third-order valence-corrected chi connectivity index (χ3v) is 4.62. The van der Waals surface area contributed by atoms with Crippen molar-refractivity contribution in [2.24, 2.45) is 0 Å². The molecule has 0 saturated carbocycles. The van der Waals surface area contributed by atoms with Gasteiger partial charge in [0.15, 0.2) is 0 Å². The van der Waals surface area contributed by atoms with E-state index in [0.29, 0.717) is 51.1 Å². The standard InChI is InChI=1S/C21H37FO6/c1-3-4-8-19(23)14-26-10-11-27-15-20(24)9-6-5-7-18(22)13-17-12-16(2)28-21(17)25/h12,16,18-20,23-24H,3-11,13-15H2,1-2H3/t16-,18?,19?,20?/m0/s1/i22-1. The minimum atomic E-state index is -1.07. The first-order valence-electron chi connectivity index (χ1n) is 10.5. The van der Waals surface area contributed by atoms with Crippen LogP contribution in [0.2, 0.25) is 0 Å².